The topological polar surface area (TPSA) is 0 Å². The molecular formula is C21H20F2Hf. The maximum Gasteiger partial charge on any atom is -1.00 e. The van der Waals surface area contributed by atoms with Crippen LogP contribution in [-0.4, -0.2) is 3.26 Å². The zero-order valence-electron chi connectivity index (χ0n) is 13.9. The summed E-state index contributed by atoms with van der Waals surface area (Å²) in [5, 5.41) is 0. The van der Waals surface area contributed by atoms with Gasteiger partial charge in [-0.1, -0.05) is 0 Å². The molecule has 0 aliphatic heterocycles. The quantitative estimate of drug-likeness (QED) is 0.497. The Morgan fingerprint density at radius 1 is 0.875 bits per heavy atom. The van der Waals surface area contributed by atoms with Crippen LogP contribution in [0.4, 0.5) is 0 Å². The number of rotatable bonds is 2. The van der Waals surface area contributed by atoms with Gasteiger partial charge in [-0.05, 0) is 0 Å². The fourth-order valence-corrected chi connectivity index (χ4v) is 15.9. The summed E-state index contributed by atoms with van der Waals surface area (Å²) in [5.41, 5.74) is 6.11. The molecule has 0 fully saturated rings. The maximum atomic E-state index is 2.42. The molecule has 0 radical (unpaired) electrons. The third-order valence-electron chi connectivity index (χ3n) is 4.78. The zero-order chi connectivity index (χ0) is 15.1. The minimum atomic E-state index is -2.06. The second kappa shape index (κ2) is 7.60. The molecule has 2 aliphatic carbocycles. The van der Waals surface area contributed by atoms with Crippen molar-refractivity contribution in [2.45, 2.75) is 23.9 Å². The maximum absolute atomic E-state index is 2.42. The molecule has 3 heteroatoms. The summed E-state index contributed by atoms with van der Waals surface area (Å²) < 4.78 is 4.16. The van der Waals surface area contributed by atoms with Crippen molar-refractivity contribution in [1.82, 2.24) is 0 Å². The van der Waals surface area contributed by atoms with E-state index in [0.717, 1.165) is 0 Å². The molecular weight excluding hydrogens is 469 g/mol. The Labute approximate surface area is 149 Å². The summed E-state index contributed by atoms with van der Waals surface area (Å²) in [4.78, 5) is 0. The minimum absolute atomic E-state index is 0. The molecule has 0 N–H and O–H groups in total. The van der Waals surface area contributed by atoms with Crippen LogP contribution in [0, 0.1) is 0 Å². The first-order chi connectivity index (χ1) is 10.8. The predicted octanol–water partition coefficient (Wildman–Crippen LogP) is -0.561. The van der Waals surface area contributed by atoms with Crippen molar-refractivity contribution in [3.05, 3.63) is 81.2 Å². The first-order valence-electron chi connectivity index (χ1n) is 7.99. The van der Waals surface area contributed by atoms with E-state index < -0.39 is 21.0 Å². The Bertz CT molecular complexity index is 797. The van der Waals surface area contributed by atoms with Crippen molar-refractivity contribution in [1.29, 1.82) is 0 Å². The van der Waals surface area contributed by atoms with Crippen molar-refractivity contribution in [3.63, 3.8) is 0 Å². The molecule has 0 aromatic heterocycles. The Balaban J connectivity index is 0.00000104. The van der Waals surface area contributed by atoms with Crippen molar-refractivity contribution in [2.75, 3.05) is 0 Å². The van der Waals surface area contributed by atoms with E-state index in [1.165, 1.54) is 17.5 Å². The fourth-order valence-electron chi connectivity index (χ4n) is 3.91. The van der Waals surface area contributed by atoms with Crippen LogP contribution in [0.2, 0.25) is 0 Å². The summed E-state index contributed by atoms with van der Waals surface area (Å²) in [5.74, 6) is 0. The van der Waals surface area contributed by atoms with Gasteiger partial charge in [0, 0.05) is 0 Å². The van der Waals surface area contributed by atoms with Gasteiger partial charge in [-0.25, -0.2) is 0 Å². The molecule has 0 saturated heterocycles. The minimum Gasteiger partial charge on any atom is -1.00 e. The molecule has 0 amide bonds. The monoisotopic (exact) mass is 490 g/mol. The van der Waals surface area contributed by atoms with Gasteiger partial charge in [-0.15, -0.1) is 0 Å². The number of allylic oxidation sites excluding steroid dienone is 4. The molecule has 0 nitrogen and oxygen atoms in total. The first-order valence-corrected chi connectivity index (χ1v) is 13.7. The summed E-state index contributed by atoms with van der Waals surface area (Å²) in [6, 6.07) is 18.2. The van der Waals surface area contributed by atoms with Crippen LogP contribution in [0.15, 0.2) is 70.1 Å². The van der Waals surface area contributed by atoms with E-state index in [2.05, 4.69) is 80.6 Å². The number of hydrogen-bond acceptors (Lipinski definition) is 0. The van der Waals surface area contributed by atoms with E-state index in [0.29, 0.717) is 3.67 Å². The van der Waals surface area contributed by atoms with E-state index in [-0.39, 0.29) is 9.41 Å². The van der Waals surface area contributed by atoms with Crippen LogP contribution >= 0.6 is 0 Å². The van der Waals surface area contributed by atoms with Crippen LogP contribution in [0.25, 0.3) is 11.1 Å². The Morgan fingerprint density at radius 2 is 1.42 bits per heavy atom. The van der Waals surface area contributed by atoms with Gasteiger partial charge in [0.2, 0.25) is 0 Å². The molecule has 2 aromatic rings. The third-order valence-corrected chi connectivity index (χ3v) is 16.8. The van der Waals surface area contributed by atoms with Gasteiger partial charge in [0.15, 0.2) is 0 Å². The SMILES string of the molecule is C[C](C)=[Hf+2]([C]1=CC=CC1)[CH]1c2ccccc2-c2ccccc21.[F-].[F-]. The van der Waals surface area contributed by atoms with E-state index in [1.54, 1.807) is 17.7 Å². The Morgan fingerprint density at radius 3 is 1.88 bits per heavy atom. The van der Waals surface area contributed by atoms with Crippen LogP contribution in [-0.2, 0) is 21.0 Å². The van der Waals surface area contributed by atoms with E-state index >= 15 is 0 Å². The fraction of sp³-hybridized carbons (Fsp3) is 0.190. The molecule has 0 bridgehead atoms. The van der Waals surface area contributed by atoms with Crippen LogP contribution in [0.3, 0.4) is 0 Å². The summed E-state index contributed by atoms with van der Waals surface area (Å²) in [6.07, 6.45) is 8.19. The molecule has 0 unspecified atom stereocenters. The first kappa shape index (κ1) is 18.9. The Kier molecular flexibility index (Phi) is 5.97. The molecule has 0 heterocycles. The summed E-state index contributed by atoms with van der Waals surface area (Å²) >= 11 is -2.06. The van der Waals surface area contributed by atoms with Gasteiger partial charge in [-0.2, -0.15) is 0 Å². The Hall–Kier alpha value is -1.48. The van der Waals surface area contributed by atoms with Crippen molar-refractivity contribution in [3.8, 4) is 11.1 Å². The van der Waals surface area contributed by atoms with E-state index in [1.807, 2.05) is 0 Å². The van der Waals surface area contributed by atoms with Crippen molar-refractivity contribution >= 4 is 3.26 Å². The molecule has 2 aliphatic rings. The zero-order valence-corrected chi connectivity index (χ0v) is 17.5. The molecule has 4 rings (SSSR count). The summed E-state index contributed by atoms with van der Waals surface area (Å²) in [6.45, 7) is 4.76. The van der Waals surface area contributed by atoms with Gasteiger partial charge in [0.05, 0.1) is 0 Å². The largest absolute Gasteiger partial charge is 1.00 e. The number of fused-ring (bicyclic) bond motifs is 3. The van der Waals surface area contributed by atoms with Gasteiger partial charge < -0.3 is 9.41 Å². The van der Waals surface area contributed by atoms with Crippen molar-refractivity contribution < 1.29 is 30.4 Å². The second-order valence-electron chi connectivity index (χ2n) is 6.35. The third kappa shape index (κ3) is 2.95. The molecule has 122 valence electrons. The van der Waals surface area contributed by atoms with E-state index in [4.69, 9.17) is 0 Å². The molecule has 2 aromatic carbocycles. The van der Waals surface area contributed by atoms with Gasteiger partial charge >= 0.3 is 140 Å². The summed E-state index contributed by atoms with van der Waals surface area (Å²) in [7, 11) is 0. The average Bonchev–Trinajstić information content (AvgIpc) is 3.16. The number of benzene rings is 2. The standard InChI is InChI=1S/C13H9.C5H5.C3H6.2FH.Hf/c1-3-7-12-10(5-1)9-11-6-2-4-8-13(11)12;1-2-4-5-3-1;1-3-2;;;/h1-9H;1-3H,4H2;1-2H3;2*1H;/q;;;;;+2/p-2. The van der Waals surface area contributed by atoms with Gasteiger partial charge in [0.1, 0.15) is 0 Å². The molecule has 24 heavy (non-hydrogen) atoms. The smallest absolute Gasteiger partial charge is 1.00 e. The normalized spacial score (nSPS) is 13.8. The molecule has 0 saturated carbocycles. The number of hydrogen-bond donors (Lipinski definition) is 0. The average molecular weight is 489 g/mol. The van der Waals surface area contributed by atoms with Gasteiger partial charge in [0.25, 0.3) is 0 Å². The van der Waals surface area contributed by atoms with E-state index in [9.17, 15) is 0 Å². The van der Waals surface area contributed by atoms with Crippen LogP contribution < -0.4 is 9.41 Å². The van der Waals surface area contributed by atoms with Crippen LogP contribution in [0.5, 0.6) is 0 Å². The molecule has 0 atom stereocenters. The van der Waals surface area contributed by atoms with Gasteiger partial charge in [-0.3, -0.25) is 0 Å². The second-order valence-corrected chi connectivity index (χ2v) is 17.3. The number of halogens is 2. The molecule has 0 spiro atoms. The van der Waals surface area contributed by atoms with Crippen molar-refractivity contribution in [2.24, 2.45) is 0 Å². The predicted molar refractivity (Wildman–Crippen MR) is 91.9 cm³/mol. The van der Waals surface area contributed by atoms with Crippen LogP contribution in [0.1, 0.15) is 35.1 Å².